The molecule has 1 aromatic heterocycles. The van der Waals surface area contributed by atoms with Crippen molar-refractivity contribution in [1.82, 2.24) is 9.78 Å². The minimum atomic E-state index is -1.12. The van der Waals surface area contributed by atoms with Crippen molar-refractivity contribution in [2.24, 2.45) is 0 Å². The standard InChI is InChI=1S/C14H15FN2O3/c1-9-7-11(4-5-12(9)15)17-8-10(3-2-6-18)13(16-17)14(19)20/h4-5,7-8,18H,2-3,6H2,1H3,(H,19,20). The Balaban J connectivity index is 2.41. The highest BCUT2D eigenvalue weighted by molar-refractivity contribution is 5.87. The molecule has 0 aliphatic rings. The predicted octanol–water partition coefficient (Wildman–Crippen LogP) is 1.94. The van der Waals surface area contributed by atoms with Crippen LogP contribution < -0.4 is 0 Å². The van der Waals surface area contributed by atoms with E-state index in [0.717, 1.165) is 0 Å². The quantitative estimate of drug-likeness (QED) is 0.876. The van der Waals surface area contributed by atoms with Gasteiger partial charge in [0.25, 0.3) is 0 Å². The largest absolute Gasteiger partial charge is 0.476 e. The van der Waals surface area contributed by atoms with Gasteiger partial charge in [-0.1, -0.05) is 0 Å². The molecular formula is C14H15FN2O3. The van der Waals surface area contributed by atoms with Crippen molar-refractivity contribution in [1.29, 1.82) is 0 Å². The summed E-state index contributed by atoms with van der Waals surface area (Å²) < 4.78 is 14.7. The third-order valence-electron chi connectivity index (χ3n) is 3.00. The molecule has 2 aromatic rings. The van der Waals surface area contributed by atoms with Gasteiger partial charge < -0.3 is 10.2 Å². The maximum absolute atomic E-state index is 13.2. The Morgan fingerprint density at radius 1 is 1.45 bits per heavy atom. The molecule has 2 rings (SSSR count). The minimum absolute atomic E-state index is 0.0140. The SMILES string of the molecule is Cc1cc(-n2cc(CCCO)c(C(=O)O)n2)ccc1F. The number of hydrogen-bond donors (Lipinski definition) is 2. The average molecular weight is 278 g/mol. The molecule has 0 aliphatic carbocycles. The van der Waals surface area contributed by atoms with E-state index in [1.807, 2.05) is 0 Å². The van der Waals surface area contributed by atoms with Crippen molar-refractivity contribution in [3.63, 3.8) is 0 Å². The molecule has 0 amide bonds. The molecule has 0 fully saturated rings. The van der Waals surface area contributed by atoms with Gasteiger partial charge in [0.2, 0.25) is 0 Å². The van der Waals surface area contributed by atoms with Gasteiger partial charge in [0, 0.05) is 18.4 Å². The van der Waals surface area contributed by atoms with Crippen molar-refractivity contribution < 1.29 is 19.4 Å². The normalized spacial score (nSPS) is 10.8. The topological polar surface area (TPSA) is 75.4 Å². The highest BCUT2D eigenvalue weighted by atomic mass is 19.1. The Morgan fingerprint density at radius 2 is 2.20 bits per heavy atom. The van der Waals surface area contributed by atoms with Gasteiger partial charge in [-0.05, 0) is 43.5 Å². The van der Waals surface area contributed by atoms with Crippen LogP contribution in [0.25, 0.3) is 5.69 Å². The van der Waals surface area contributed by atoms with E-state index in [2.05, 4.69) is 5.10 Å². The summed E-state index contributed by atoms with van der Waals surface area (Å²) in [6.45, 7) is 1.62. The maximum atomic E-state index is 13.2. The van der Waals surface area contributed by atoms with Crippen LogP contribution in [0, 0.1) is 12.7 Å². The summed E-state index contributed by atoms with van der Waals surface area (Å²) in [5.74, 6) is -1.43. The van der Waals surface area contributed by atoms with E-state index < -0.39 is 5.97 Å². The Morgan fingerprint density at radius 3 is 2.80 bits per heavy atom. The molecule has 0 unspecified atom stereocenters. The first-order valence-corrected chi connectivity index (χ1v) is 6.22. The second kappa shape index (κ2) is 5.83. The van der Waals surface area contributed by atoms with Gasteiger partial charge >= 0.3 is 5.97 Å². The number of carboxylic acid groups (broad SMARTS) is 1. The minimum Gasteiger partial charge on any atom is -0.476 e. The molecule has 106 valence electrons. The average Bonchev–Trinajstić information content (AvgIpc) is 2.84. The Kier molecular flexibility index (Phi) is 4.14. The maximum Gasteiger partial charge on any atom is 0.356 e. The van der Waals surface area contributed by atoms with Crippen LogP contribution in [0.5, 0.6) is 0 Å². The highest BCUT2D eigenvalue weighted by Crippen LogP contribution is 2.17. The summed E-state index contributed by atoms with van der Waals surface area (Å²) >= 11 is 0. The van der Waals surface area contributed by atoms with Crippen LogP contribution in [-0.2, 0) is 6.42 Å². The molecule has 20 heavy (non-hydrogen) atoms. The van der Waals surface area contributed by atoms with Crippen LogP contribution >= 0.6 is 0 Å². The number of rotatable bonds is 5. The predicted molar refractivity (Wildman–Crippen MR) is 70.6 cm³/mol. The van der Waals surface area contributed by atoms with Crippen LogP contribution in [0.1, 0.15) is 28.0 Å². The molecule has 5 nitrogen and oxygen atoms in total. The number of carboxylic acids is 1. The van der Waals surface area contributed by atoms with E-state index in [1.54, 1.807) is 19.2 Å². The molecule has 1 heterocycles. The molecule has 0 atom stereocenters. The van der Waals surface area contributed by atoms with Crippen molar-refractivity contribution in [2.45, 2.75) is 19.8 Å². The first-order valence-electron chi connectivity index (χ1n) is 6.22. The number of aromatic carboxylic acids is 1. The third kappa shape index (κ3) is 2.85. The summed E-state index contributed by atoms with van der Waals surface area (Å²) in [4.78, 5) is 11.2. The number of halogens is 1. The number of aromatic nitrogens is 2. The Bertz CT molecular complexity index is 637. The molecule has 0 radical (unpaired) electrons. The summed E-state index contributed by atoms with van der Waals surface area (Å²) in [6.07, 6.45) is 2.50. The fourth-order valence-electron chi connectivity index (χ4n) is 1.95. The number of aliphatic hydroxyl groups excluding tert-OH is 1. The third-order valence-corrected chi connectivity index (χ3v) is 3.00. The lowest BCUT2D eigenvalue weighted by Gasteiger charge is -2.03. The van der Waals surface area contributed by atoms with Crippen molar-refractivity contribution in [3.05, 3.63) is 47.0 Å². The number of aryl methyl sites for hydroxylation is 2. The van der Waals surface area contributed by atoms with E-state index in [1.165, 1.54) is 16.8 Å². The monoisotopic (exact) mass is 278 g/mol. The van der Waals surface area contributed by atoms with E-state index in [4.69, 9.17) is 10.2 Å². The summed E-state index contributed by atoms with van der Waals surface area (Å²) in [5.41, 5.74) is 1.57. The number of aliphatic hydroxyl groups is 1. The molecule has 1 aromatic carbocycles. The van der Waals surface area contributed by atoms with Crippen LogP contribution in [0.15, 0.2) is 24.4 Å². The van der Waals surface area contributed by atoms with Gasteiger partial charge in [0.15, 0.2) is 5.69 Å². The van der Waals surface area contributed by atoms with Gasteiger partial charge in [-0.15, -0.1) is 0 Å². The fourth-order valence-corrected chi connectivity index (χ4v) is 1.95. The molecule has 0 spiro atoms. The number of hydrogen-bond acceptors (Lipinski definition) is 3. The van der Waals surface area contributed by atoms with E-state index in [0.29, 0.717) is 29.7 Å². The summed E-state index contributed by atoms with van der Waals surface area (Å²) in [5, 5.41) is 22.0. The van der Waals surface area contributed by atoms with Gasteiger partial charge in [0.1, 0.15) is 5.82 Å². The van der Waals surface area contributed by atoms with Crippen molar-refractivity contribution in [3.8, 4) is 5.69 Å². The van der Waals surface area contributed by atoms with Crippen molar-refractivity contribution >= 4 is 5.97 Å². The molecule has 6 heteroatoms. The van der Waals surface area contributed by atoms with Crippen LogP contribution in [0.2, 0.25) is 0 Å². The first kappa shape index (κ1) is 14.2. The van der Waals surface area contributed by atoms with Crippen LogP contribution in [-0.4, -0.2) is 32.6 Å². The van der Waals surface area contributed by atoms with Crippen molar-refractivity contribution in [2.75, 3.05) is 6.61 Å². The molecule has 0 saturated heterocycles. The van der Waals surface area contributed by atoms with Gasteiger partial charge in [0.05, 0.1) is 5.69 Å². The Labute approximate surface area is 115 Å². The fraction of sp³-hybridized carbons (Fsp3) is 0.286. The zero-order valence-electron chi connectivity index (χ0n) is 11.0. The smallest absolute Gasteiger partial charge is 0.356 e. The highest BCUT2D eigenvalue weighted by Gasteiger charge is 2.16. The Hall–Kier alpha value is -2.21. The number of nitrogens with zero attached hydrogens (tertiary/aromatic N) is 2. The first-order chi connectivity index (χ1) is 9.52. The van der Waals surface area contributed by atoms with Crippen LogP contribution in [0.3, 0.4) is 0 Å². The van der Waals surface area contributed by atoms with Gasteiger partial charge in [-0.2, -0.15) is 5.10 Å². The summed E-state index contributed by atoms with van der Waals surface area (Å²) in [7, 11) is 0. The molecular weight excluding hydrogens is 263 g/mol. The zero-order chi connectivity index (χ0) is 14.7. The molecule has 0 aliphatic heterocycles. The molecule has 0 saturated carbocycles. The van der Waals surface area contributed by atoms with E-state index in [9.17, 15) is 9.18 Å². The van der Waals surface area contributed by atoms with E-state index in [-0.39, 0.29) is 18.1 Å². The molecule has 2 N–H and O–H groups in total. The lowest BCUT2D eigenvalue weighted by molar-refractivity contribution is 0.0688. The number of benzene rings is 1. The summed E-state index contributed by atoms with van der Waals surface area (Å²) in [6, 6.07) is 4.46. The number of carbonyl (C=O) groups is 1. The lowest BCUT2D eigenvalue weighted by Crippen LogP contribution is -2.03. The molecule has 0 bridgehead atoms. The second-order valence-electron chi connectivity index (χ2n) is 4.51. The van der Waals surface area contributed by atoms with Crippen LogP contribution in [0.4, 0.5) is 4.39 Å². The van der Waals surface area contributed by atoms with Gasteiger partial charge in [-0.25, -0.2) is 13.9 Å². The van der Waals surface area contributed by atoms with Gasteiger partial charge in [-0.3, -0.25) is 0 Å². The lowest BCUT2D eigenvalue weighted by atomic mass is 10.1. The van der Waals surface area contributed by atoms with E-state index >= 15 is 0 Å². The zero-order valence-corrected chi connectivity index (χ0v) is 11.0. The second-order valence-corrected chi connectivity index (χ2v) is 4.51.